The molecule has 0 spiro atoms. The van der Waals surface area contributed by atoms with E-state index in [1.54, 1.807) is 14.1 Å². The van der Waals surface area contributed by atoms with E-state index in [-0.39, 0.29) is 33.7 Å². The predicted octanol–water partition coefficient (Wildman–Crippen LogP) is -3.10. The summed E-state index contributed by atoms with van der Waals surface area (Å²) in [4.78, 5) is 89.2. The average molecular weight is 643 g/mol. The van der Waals surface area contributed by atoms with Gasteiger partial charge in [-0.3, -0.25) is 41.8 Å². The molecular weight excluding hydrogens is 604 g/mol. The summed E-state index contributed by atoms with van der Waals surface area (Å²) < 4.78 is 7.36. The first-order valence-corrected chi connectivity index (χ1v) is 13.9. The van der Waals surface area contributed by atoms with Crippen molar-refractivity contribution in [3.05, 3.63) is 81.5 Å². The maximum Gasteiger partial charge on any atom is 0.332 e. The molecule has 0 aliphatic carbocycles. The van der Waals surface area contributed by atoms with Crippen molar-refractivity contribution in [2.45, 2.75) is 20.4 Å². The minimum atomic E-state index is -0.371. The molecule has 6 aromatic rings. The van der Waals surface area contributed by atoms with Gasteiger partial charge in [0.2, 0.25) is 0 Å². The van der Waals surface area contributed by atoms with E-state index in [1.165, 1.54) is 53.8 Å². The summed E-state index contributed by atoms with van der Waals surface area (Å²) >= 11 is 0. The maximum absolute atomic E-state index is 11.9. The lowest BCUT2D eigenvalue weighted by molar-refractivity contribution is 0.500. The number of aromatic nitrogens is 12. The zero-order valence-corrected chi connectivity index (χ0v) is 26.6. The Kier molecular flexibility index (Phi) is 10.9. The standard InChI is InChI=1S/C10H14N4O2.2C7H8N4O2.C2H8N2/c1-6(2)4-14-8-7(11-5-12-8)9(15)13(3)10(14)16;2*1-10-5-4(8-3-9-5)6(12)11(2)7(10)13;3-1-2-4/h5-6H,4H2,1-3H3,(H,11,12);2*3H,1-2H3,(H,8,9);1-4H2. The van der Waals surface area contributed by atoms with E-state index in [9.17, 15) is 28.8 Å². The highest BCUT2D eigenvalue weighted by Crippen LogP contribution is 2.04. The lowest BCUT2D eigenvalue weighted by Crippen LogP contribution is -2.38. The zero-order chi connectivity index (χ0) is 34.5. The number of hydrogen-bond acceptors (Lipinski definition) is 11. The fourth-order valence-electron chi connectivity index (χ4n) is 4.24. The monoisotopic (exact) mass is 642 g/mol. The first-order chi connectivity index (χ1) is 21.7. The number of aromatic amines is 3. The zero-order valence-electron chi connectivity index (χ0n) is 26.6. The molecule has 46 heavy (non-hydrogen) atoms. The summed E-state index contributed by atoms with van der Waals surface area (Å²) in [5.74, 6) is 0.315. The number of rotatable bonds is 3. The quantitative estimate of drug-likeness (QED) is 0.129. The van der Waals surface area contributed by atoms with E-state index in [0.717, 1.165) is 13.7 Å². The number of nitrogens with one attached hydrogen (secondary N) is 3. The predicted molar refractivity (Wildman–Crippen MR) is 172 cm³/mol. The van der Waals surface area contributed by atoms with Gasteiger partial charge < -0.3 is 26.4 Å². The Morgan fingerprint density at radius 2 is 0.891 bits per heavy atom. The van der Waals surface area contributed by atoms with Gasteiger partial charge in [-0.05, 0) is 5.92 Å². The lowest BCUT2D eigenvalue weighted by atomic mass is 10.2. The molecule has 0 aliphatic rings. The molecule has 6 rings (SSSR count). The molecule has 0 saturated carbocycles. The molecule has 0 atom stereocenters. The number of nitrogens with zero attached hydrogens (tertiary/aromatic N) is 9. The summed E-state index contributed by atoms with van der Waals surface area (Å²) in [6.45, 7) is 5.76. The van der Waals surface area contributed by atoms with Gasteiger partial charge in [-0.2, -0.15) is 0 Å². The molecule has 0 bridgehead atoms. The fraction of sp³-hybridized carbons (Fsp3) is 0.423. The van der Waals surface area contributed by atoms with E-state index in [1.807, 2.05) is 13.8 Å². The molecule has 0 aromatic carbocycles. The summed E-state index contributed by atoms with van der Waals surface area (Å²) in [6.07, 6.45) is 4.22. The highest BCUT2D eigenvalue weighted by atomic mass is 16.2. The van der Waals surface area contributed by atoms with E-state index in [2.05, 4.69) is 29.9 Å². The third kappa shape index (κ3) is 6.71. The van der Waals surface area contributed by atoms with Crippen LogP contribution >= 0.6 is 0 Å². The number of imidazole rings is 3. The van der Waals surface area contributed by atoms with Crippen LogP contribution in [0.25, 0.3) is 33.5 Å². The first kappa shape index (κ1) is 34.9. The van der Waals surface area contributed by atoms with E-state index < -0.39 is 0 Å². The van der Waals surface area contributed by atoms with Crippen molar-refractivity contribution in [3.63, 3.8) is 0 Å². The summed E-state index contributed by atoms with van der Waals surface area (Å²) in [6, 6.07) is 0. The fourth-order valence-corrected chi connectivity index (χ4v) is 4.24. The second kappa shape index (κ2) is 14.4. The van der Waals surface area contributed by atoms with Gasteiger partial charge in [0, 0.05) is 54.9 Å². The molecule has 0 amide bonds. The molecule has 7 N–H and O–H groups in total. The minimum absolute atomic E-state index is 0.315. The van der Waals surface area contributed by atoms with Crippen LogP contribution in [0, 0.1) is 5.92 Å². The number of H-pyrrole nitrogens is 3. The van der Waals surface area contributed by atoms with E-state index >= 15 is 0 Å². The molecule has 0 aliphatic heterocycles. The van der Waals surface area contributed by atoms with Gasteiger partial charge in [-0.25, -0.2) is 29.3 Å². The topological polar surface area (TPSA) is 270 Å². The minimum Gasteiger partial charge on any atom is -0.339 e. The van der Waals surface area contributed by atoms with Gasteiger partial charge >= 0.3 is 17.1 Å². The number of nitrogens with two attached hydrogens (primary N) is 2. The van der Waals surface area contributed by atoms with Crippen LogP contribution in [0.15, 0.2) is 47.7 Å². The van der Waals surface area contributed by atoms with Gasteiger partial charge in [0.15, 0.2) is 16.9 Å². The smallest absolute Gasteiger partial charge is 0.332 e. The van der Waals surface area contributed by atoms with Crippen LogP contribution in [0.4, 0.5) is 0 Å². The largest absolute Gasteiger partial charge is 0.339 e. The first-order valence-electron chi connectivity index (χ1n) is 13.9. The molecule has 6 heterocycles. The SMILES string of the molecule is CC(C)Cn1c(=O)n(C)c(=O)c2[nH]cnc21.Cn1c(=O)c2[nH]cnc2n(C)c1=O.Cn1c(=O)c2[nH]cnc2n(C)c1=O.NCCN. The Balaban J connectivity index is 0.000000178. The molecule has 0 unspecified atom stereocenters. The average Bonchev–Trinajstić information content (AvgIpc) is 3.84. The molecule has 0 fully saturated rings. The highest BCUT2D eigenvalue weighted by Gasteiger charge is 2.13. The van der Waals surface area contributed by atoms with Crippen LogP contribution in [0.3, 0.4) is 0 Å². The molecule has 0 radical (unpaired) electrons. The van der Waals surface area contributed by atoms with Crippen molar-refractivity contribution >= 4 is 33.5 Å². The van der Waals surface area contributed by atoms with Crippen LogP contribution in [0.2, 0.25) is 0 Å². The summed E-state index contributed by atoms with van der Waals surface area (Å²) in [5, 5.41) is 0. The van der Waals surface area contributed by atoms with Crippen LogP contribution in [-0.2, 0) is 41.8 Å². The van der Waals surface area contributed by atoms with Gasteiger partial charge in [0.25, 0.3) is 16.7 Å². The van der Waals surface area contributed by atoms with Crippen LogP contribution in [0.5, 0.6) is 0 Å². The number of fused-ring (bicyclic) bond motifs is 3. The molecule has 20 heteroatoms. The van der Waals surface area contributed by atoms with Crippen molar-refractivity contribution in [2.24, 2.45) is 52.6 Å². The van der Waals surface area contributed by atoms with Crippen molar-refractivity contribution in [2.75, 3.05) is 13.1 Å². The second-order valence-electron chi connectivity index (χ2n) is 10.4. The third-order valence-electron chi connectivity index (χ3n) is 6.68. The second-order valence-corrected chi connectivity index (χ2v) is 10.4. The third-order valence-corrected chi connectivity index (χ3v) is 6.68. The molecular formula is C26H38N14O6. The van der Waals surface area contributed by atoms with Crippen molar-refractivity contribution in [1.29, 1.82) is 0 Å². The summed E-state index contributed by atoms with van der Waals surface area (Å²) in [5.41, 5.74) is 9.98. The lowest BCUT2D eigenvalue weighted by Gasteiger charge is -2.10. The highest BCUT2D eigenvalue weighted by molar-refractivity contribution is 5.69. The Labute approximate surface area is 258 Å². The van der Waals surface area contributed by atoms with Crippen molar-refractivity contribution in [1.82, 2.24) is 57.3 Å². The Hall–Kier alpha value is -5.63. The van der Waals surface area contributed by atoms with Gasteiger partial charge in [-0.15, -0.1) is 0 Å². The Bertz CT molecular complexity index is 2230. The van der Waals surface area contributed by atoms with Crippen molar-refractivity contribution in [3.8, 4) is 0 Å². The number of aryl methyl sites for hydroxylation is 2. The molecule has 6 aromatic heterocycles. The summed E-state index contributed by atoms with van der Waals surface area (Å²) in [7, 11) is 7.49. The van der Waals surface area contributed by atoms with Crippen LogP contribution in [0.1, 0.15) is 13.8 Å². The van der Waals surface area contributed by atoms with Gasteiger partial charge in [0.1, 0.15) is 16.6 Å². The maximum atomic E-state index is 11.9. The Morgan fingerprint density at radius 3 is 1.24 bits per heavy atom. The Morgan fingerprint density at radius 1 is 0.565 bits per heavy atom. The molecule has 248 valence electrons. The van der Waals surface area contributed by atoms with E-state index in [0.29, 0.717) is 59.0 Å². The van der Waals surface area contributed by atoms with Crippen LogP contribution < -0.4 is 45.2 Å². The van der Waals surface area contributed by atoms with Gasteiger partial charge in [0.05, 0.1) is 19.0 Å². The number of hydrogen-bond donors (Lipinski definition) is 5. The van der Waals surface area contributed by atoms with Gasteiger partial charge in [-0.1, -0.05) is 13.8 Å². The normalized spacial score (nSPS) is 10.8. The van der Waals surface area contributed by atoms with Crippen LogP contribution in [-0.4, -0.2) is 70.4 Å². The molecule has 0 saturated heterocycles. The van der Waals surface area contributed by atoms with E-state index in [4.69, 9.17) is 11.5 Å². The van der Waals surface area contributed by atoms with Crippen molar-refractivity contribution < 1.29 is 0 Å². The molecule has 20 nitrogen and oxygen atoms in total.